The van der Waals surface area contributed by atoms with E-state index in [0.717, 1.165) is 5.69 Å². The summed E-state index contributed by atoms with van der Waals surface area (Å²) in [6, 6.07) is 3.66. The van der Waals surface area contributed by atoms with Crippen LogP contribution < -0.4 is 5.32 Å². The van der Waals surface area contributed by atoms with Crippen molar-refractivity contribution in [2.24, 2.45) is 5.41 Å². The predicted molar refractivity (Wildman–Crippen MR) is 52.5 cm³/mol. The van der Waals surface area contributed by atoms with Crippen molar-refractivity contribution in [2.45, 2.75) is 27.3 Å². The Balaban J connectivity index is 2.52. The lowest BCUT2D eigenvalue weighted by molar-refractivity contribution is -0.127. The molecular formula is C10H13N3O2. The van der Waals surface area contributed by atoms with Gasteiger partial charge in [-0.05, 0) is 20.8 Å². The number of rotatable bonds is 3. The molecule has 0 fully saturated rings. The number of nitriles is 1. The second kappa shape index (κ2) is 4.13. The lowest BCUT2D eigenvalue weighted by atomic mass is 9.95. The van der Waals surface area contributed by atoms with Gasteiger partial charge in [0, 0.05) is 6.07 Å². The Bertz CT molecular complexity index is 401. The van der Waals surface area contributed by atoms with Gasteiger partial charge in [0.2, 0.25) is 5.91 Å². The van der Waals surface area contributed by atoms with Crippen LogP contribution in [0.4, 0.5) is 0 Å². The molecule has 0 aliphatic heterocycles. The third kappa shape index (κ3) is 2.81. The van der Waals surface area contributed by atoms with Crippen LogP contribution in [0, 0.1) is 23.7 Å². The second-order valence-corrected chi connectivity index (χ2v) is 3.85. The molecule has 15 heavy (non-hydrogen) atoms. The highest BCUT2D eigenvalue weighted by Gasteiger charge is 2.26. The van der Waals surface area contributed by atoms with E-state index in [4.69, 9.17) is 9.78 Å². The fourth-order valence-corrected chi connectivity index (χ4v) is 0.939. The van der Waals surface area contributed by atoms with Crippen LogP contribution in [-0.4, -0.2) is 11.1 Å². The fraction of sp³-hybridized carbons (Fsp3) is 0.500. The summed E-state index contributed by atoms with van der Waals surface area (Å²) >= 11 is 0. The molecule has 0 atom stereocenters. The van der Waals surface area contributed by atoms with Gasteiger partial charge in [-0.2, -0.15) is 5.26 Å². The van der Waals surface area contributed by atoms with E-state index in [0.29, 0.717) is 5.76 Å². The Kier molecular flexibility index (Phi) is 3.10. The van der Waals surface area contributed by atoms with Gasteiger partial charge in [-0.3, -0.25) is 4.79 Å². The van der Waals surface area contributed by atoms with Crippen molar-refractivity contribution in [3.63, 3.8) is 0 Å². The first-order chi connectivity index (χ1) is 6.95. The van der Waals surface area contributed by atoms with Crippen LogP contribution in [0.3, 0.4) is 0 Å². The first-order valence-corrected chi connectivity index (χ1v) is 4.57. The van der Waals surface area contributed by atoms with Crippen molar-refractivity contribution in [3.05, 3.63) is 17.5 Å². The minimum absolute atomic E-state index is 0.255. The molecule has 0 saturated heterocycles. The van der Waals surface area contributed by atoms with Crippen LogP contribution in [0.2, 0.25) is 0 Å². The summed E-state index contributed by atoms with van der Waals surface area (Å²) in [6.07, 6.45) is 0. The summed E-state index contributed by atoms with van der Waals surface area (Å²) < 4.78 is 4.91. The maximum Gasteiger partial charge on any atom is 0.240 e. The maximum absolute atomic E-state index is 11.5. The maximum atomic E-state index is 11.5. The molecule has 0 spiro atoms. The monoisotopic (exact) mass is 207 g/mol. The quantitative estimate of drug-likeness (QED) is 0.806. The fourth-order valence-electron chi connectivity index (χ4n) is 0.939. The number of hydrogen-bond acceptors (Lipinski definition) is 4. The van der Waals surface area contributed by atoms with Crippen LogP contribution in [0.1, 0.15) is 25.3 Å². The number of aryl methyl sites for hydroxylation is 1. The second-order valence-electron chi connectivity index (χ2n) is 3.85. The normalized spacial score (nSPS) is 10.8. The van der Waals surface area contributed by atoms with Crippen molar-refractivity contribution in [2.75, 3.05) is 0 Å². The highest BCUT2D eigenvalue weighted by atomic mass is 16.5. The molecule has 0 unspecified atom stereocenters. The minimum atomic E-state index is -1.02. The average molecular weight is 207 g/mol. The van der Waals surface area contributed by atoms with Gasteiger partial charge >= 0.3 is 0 Å². The molecule has 1 amide bonds. The lowest BCUT2D eigenvalue weighted by Gasteiger charge is -2.13. The van der Waals surface area contributed by atoms with Crippen LogP contribution >= 0.6 is 0 Å². The van der Waals surface area contributed by atoms with E-state index in [-0.39, 0.29) is 12.5 Å². The Morgan fingerprint density at radius 3 is 2.87 bits per heavy atom. The summed E-state index contributed by atoms with van der Waals surface area (Å²) in [7, 11) is 0. The number of carbonyl (C=O) groups excluding carboxylic acids is 1. The van der Waals surface area contributed by atoms with Gasteiger partial charge in [0.05, 0.1) is 18.3 Å². The van der Waals surface area contributed by atoms with E-state index in [1.54, 1.807) is 26.8 Å². The highest BCUT2D eigenvalue weighted by Crippen LogP contribution is 2.13. The number of nitrogens with one attached hydrogen (secondary N) is 1. The molecule has 1 N–H and O–H groups in total. The van der Waals surface area contributed by atoms with Crippen LogP contribution in [-0.2, 0) is 11.3 Å². The van der Waals surface area contributed by atoms with Gasteiger partial charge in [-0.25, -0.2) is 0 Å². The zero-order valence-electron chi connectivity index (χ0n) is 9.00. The first-order valence-electron chi connectivity index (χ1n) is 4.57. The highest BCUT2D eigenvalue weighted by molar-refractivity contribution is 5.84. The minimum Gasteiger partial charge on any atom is -0.359 e. The molecule has 0 bridgehead atoms. The van der Waals surface area contributed by atoms with Gasteiger partial charge < -0.3 is 9.84 Å². The van der Waals surface area contributed by atoms with E-state index in [2.05, 4.69) is 10.5 Å². The summed E-state index contributed by atoms with van der Waals surface area (Å²) in [5.41, 5.74) is -0.256. The molecule has 0 aliphatic carbocycles. The topological polar surface area (TPSA) is 78.9 Å². The molecule has 0 aromatic carbocycles. The Labute approximate surface area is 88.1 Å². The SMILES string of the molecule is Cc1cc(CNC(=O)C(C)(C)C#N)on1. The first kappa shape index (κ1) is 11.2. The van der Waals surface area contributed by atoms with Crippen molar-refractivity contribution >= 4 is 5.91 Å². The number of nitrogens with zero attached hydrogens (tertiary/aromatic N) is 2. The average Bonchev–Trinajstić information content (AvgIpc) is 2.60. The lowest BCUT2D eigenvalue weighted by Crippen LogP contribution is -2.35. The van der Waals surface area contributed by atoms with Crippen LogP contribution in [0.15, 0.2) is 10.6 Å². The summed E-state index contributed by atoms with van der Waals surface area (Å²) in [5.74, 6) is 0.258. The molecule has 0 saturated carbocycles. The standard InChI is InChI=1S/C10H13N3O2/c1-7-4-8(15-13-7)5-12-9(14)10(2,3)6-11/h4H,5H2,1-3H3,(H,12,14). The molecule has 0 radical (unpaired) electrons. The van der Waals surface area contributed by atoms with E-state index in [1.165, 1.54) is 0 Å². The van der Waals surface area contributed by atoms with Gasteiger partial charge in [0.15, 0.2) is 5.76 Å². The molecule has 1 rings (SSSR count). The Hall–Kier alpha value is -1.83. The number of hydrogen-bond donors (Lipinski definition) is 1. The molecule has 80 valence electrons. The number of aromatic nitrogens is 1. The van der Waals surface area contributed by atoms with Crippen molar-refractivity contribution in [1.82, 2.24) is 10.5 Å². The molecular weight excluding hydrogens is 194 g/mol. The van der Waals surface area contributed by atoms with Gasteiger partial charge in [-0.15, -0.1) is 0 Å². The van der Waals surface area contributed by atoms with E-state index in [9.17, 15) is 4.79 Å². The molecule has 5 heteroatoms. The molecule has 1 aromatic heterocycles. The molecule has 1 aromatic rings. The third-order valence-corrected chi connectivity index (χ3v) is 1.95. The van der Waals surface area contributed by atoms with Gasteiger partial charge in [0.25, 0.3) is 0 Å². The van der Waals surface area contributed by atoms with Crippen LogP contribution in [0.25, 0.3) is 0 Å². The van der Waals surface area contributed by atoms with E-state index < -0.39 is 5.41 Å². The molecule has 1 heterocycles. The summed E-state index contributed by atoms with van der Waals surface area (Å²) in [6.45, 7) is 5.18. The predicted octanol–water partition coefficient (Wildman–Crippen LogP) is 1.15. The Morgan fingerprint density at radius 1 is 1.73 bits per heavy atom. The zero-order valence-corrected chi connectivity index (χ0v) is 9.00. The van der Waals surface area contributed by atoms with Crippen molar-refractivity contribution in [3.8, 4) is 6.07 Å². The van der Waals surface area contributed by atoms with E-state index in [1.807, 2.05) is 6.07 Å². The van der Waals surface area contributed by atoms with Gasteiger partial charge in [0.1, 0.15) is 5.41 Å². The van der Waals surface area contributed by atoms with E-state index >= 15 is 0 Å². The number of amides is 1. The number of carbonyl (C=O) groups is 1. The zero-order chi connectivity index (χ0) is 11.5. The van der Waals surface area contributed by atoms with Crippen molar-refractivity contribution < 1.29 is 9.32 Å². The third-order valence-electron chi connectivity index (χ3n) is 1.95. The molecule has 0 aliphatic rings. The van der Waals surface area contributed by atoms with Crippen molar-refractivity contribution in [1.29, 1.82) is 5.26 Å². The molecule has 5 nitrogen and oxygen atoms in total. The largest absolute Gasteiger partial charge is 0.359 e. The van der Waals surface area contributed by atoms with Gasteiger partial charge in [-0.1, -0.05) is 5.16 Å². The van der Waals surface area contributed by atoms with Crippen LogP contribution in [0.5, 0.6) is 0 Å². The Morgan fingerprint density at radius 2 is 2.40 bits per heavy atom. The summed E-state index contributed by atoms with van der Waals surface area (Å²) in [5, 5.41) is 15.0. The smallest absolute Gasteiger partial charge is 0.240 e. The summed E-state index contributed by atoms with van der Waals surface area (Å²) in [4.78, 5) is 11.5.